The molecule has 0 saturated carbocycles. The average Bonchev–Trinajstić information content (AvgIpc) is 3.07. The van der Waals surface area contributed by atoms with E-state index in [1.54, 1.807) is 31.8 Å². The summed E-state index contributed by atoms with van der Waals surface area (Å²) in [7, 11) is 1.74. The second kappa shape index (κ2) is 7.56. The van der Waals surface area contributed by atoms with E-state index in [4.69, 9.17) is 4.74 Å². The van der Waals surface area contributed by atoms with Gasteiger partial charge in [-0.3, -0.25) is 4.79 Å². The molecule has 0 radical (unpaired) electrons. The summed E-state index contributed by atoms with van der Waals surface area (Å²) in [5.74, 6) is 0.798. The van der Waals surface area contributed by atoms with Crippen LogP contribution in [0.4, 0.5) is 5.95 Å². The van der Waals surface area contributed by atoms with Crippen LogP contribution in [0.25, 0.3) is 0 Å². The summed E-state index contributed by atoms with van der Waals surface area (Å²) < 4.78 is 5.45. The molecule has 0 unspecified atom stereocenters. The van der Waals surface area contributed by atoms with Gasteiger partial charge in [-0.15, -0.1) is 0 Å². The molecule has 4 rings (SSSR count). The molecule has 0 N–H and O–H groups in total. The molecular weight excluding hydrogens is 344 g/mol. The lowest BCUT2D eigenvalue weighted by atomic mass is 9.76. The van der Waals surface area contributed by atoms with E-state index < -0.39 is 0 Å². The molecule has 2 aromatic heterocycles. The van der Waals surface area contributed by atoms with Gasteiger partial charge in [-0.05, 0) is 36.8 Å². The second-order valence-corrected chi connectivity index (χ2v) is 7.41. The number of amides is 1. The van der Waals surface area contributed by atoms with Gasteiger partial charge in [0.25, 0.3) is 5.91 Å². The highest BCUT2D eigenvalue weighted by atomic mass is 16.5. The quantitative estimate of drug-likeness (QED) is 0.807. The fraction of sp³-hybridized carbons (Fsp3) is 0.526. The van der Waals surface area contributed by atoms with Gasteiger partial charge in [-0.25, -0.2) is 9.97 Å². The monoisotopic (exact) mass is 368 g/mol. The number of ether oxygens (including phenoxy) is 1. The van der Waals surface area contributed by atoms with Crippen molar-refractivity contribution in [3.05, 3.63) is 42.5 Å². The van der Waals surface area contributed by atoms with Crippen molar-refractivity contribution in [2.75, 3.05) is 38.3 Å². The molecule has 4 heterocycles. The summed E-state index contributed by atoms with van der Waals surface area (Å²) in [6.45, 7) is 3.07. The summed E-state index contributed by atoms with van der Waals surface area (Å²) in [5.41, 5.74) is 0.777. The van der Waals surface area contributed by atoms with Crippen molar-refractivity contribution in [1.82, 2.24) is 25.1 Å². The Morgan fingerprint density at radius 3 is 2.67 bits per heavy atom. The molecule has 2 aromatic rings. The molecule has 2 aliphatic heterocycles. The highest BCUT2D eigenvalue weighted by Gasteiger charge is 2.46. The molecule has 0 aromatic carbocycles. The molecule has 27 heavy (non-hydrogen) atoms. The Kier molecular flexibility index (Phi) is 4.98. The van der Waals surface area contributed by atoms with Crippen LogP contribution in [0.5, 0.6) is 0 Å². The highest BCUT2D eigenvalue weighted by Crippen LogP contribution is 2.44. The zero-order valence-electron chi connectivity index (χ0n) is 15.5. The molecule has 8 nitrogen and oxygen atoms in total. The third-order valence-corrected chi connectivity index (χ3v) is 5.73. The van der Waals surface area contributed by atoms with Crippen molar-refractivity contribution in [2.45, 2.75) is 25.3 Å². The topological polar surface area (TPSA) is 84.3 Å². The third kappa shape index (κ3) is 3.62. The van der Waals surface area contributed by atoms with Gasteiger partial charge in [0.15, 0.2) is 0 Å². The number of methoxy groups -OCH3 is 1. The smallest absolute Gasteiger partial charge is 0.255 e. The zero-order chi connectivity index (χ0) is 18.7. The number of hydrogen-bond acceptors (Lipinski definition) is 7. The fourth-order valence-corrected chi connectivity index (χ4v) is 4.33. The Balaban J connectivity index is 1.45. The first-order chi connectivity index (χ1) is 13.2. The summed E-state index contributed by atoms with van der Waals surface area (Å²) in [6.07, 6.45) is 9.63. The van der Waals surface area contributed by atoms with Crippen molar-refractivity contribution in [3.8, 4) is 0 Å². The van der Waals surface area contributed by atoms with E-state index in [0.29, 0.717) is 12.2 Å². The van der Waals surface area contributed by atoms with E-state index in [-0.39, 0.29) is 17.4 Å². The van der Waals surface area contributed by atoms with Gasteiger partial charge in [-0.2, -0.15) is 10.2 Å². The first-order valence-corrected chi connectivity index (χ1v) is 9.29. The lowest BCUT2D eigenvalue weighted by molar-refractivity contribution is 0.0598. The van der Waals surface area contributed by atoms with Crippen molar-refractivity contribution >= 4 is 11.9 Å². The van der Waals surface area contributed by atoms with Gasteiger partial charge in [-0.1, -0.05) is 0 Å². The standard InChI is InChI=1S/C19H24N6O2/c1-27-13-16-11-19(14-25(16)18-20-6-2-7-21-18)4-9-24(10-5-19)17(26)15-3-8-22-23-12-15/h2-3,6-8,12,16H,4-5,9-11,13-14H2,1H3/t16-/m0/s1. The van der Waals surface area contributed by atoms with Crippen LogP contribution < -0.4 is 4.90 Å². The number of carbonyl (C=O) groups excluding carboxylic acids is 1. The first-order valence-electron chi connectivity index (χ1n) is 9.29. The Bertz CT molecular complexity index is 764. The Labute approximate surface area is 158 Å². The third-order valence-electron chi connectivity index (χ3n) is 5.73. The number of nitrogens with zero attached hydrogens (tertiary/aromatic N) is 6. The minimum absolute atomic E-state index is 0.0365. The van der Waals surface area contributed by atoms with Crippen molar-refractivity contribution in [3.63, 3.8) is 0 Å². The number of rotatable bonds is 4. The molecule has 2 aliphatic rings. The fourth-order valence-electron chi connectivity index (χ4n) is 4.33. The van der Waals surface area contributed by atoms with Crippen LogP contribution in [-0.4, -0.2) is 70.4 Å². The zero-order valence-corrected chi connectivity index (χ0v) is 15.5. The van der Waals surface area contributed by atoms with E-state index in [0.717, 1.165) is 44.8 Å². The van der Waals surface area contributed by atoms with Gasteiger partial charge in [0, 0.05) is 39.1 Å². The van der Waals surface area contributed by atoms with Crippen LogP contribution in [-0.2, 0) is 4.74 Å². The van der Waals surface area contributed by atoms with Crippen LogP contribution in [0, 0.1) is 5.41 Å². The van der Waals surface area contributed by atoms with Crippen LogP contribution >= 0.6 is 0 Å². The van der Waals surface area contributed by atoms with E-state index in [1.165, 1.54) is 6.20 Å². The molecule has 8 heteroatoms. The number of anilines is 1. The van der Waals surface area contributed by atoms with Crippen LogP contribution in [0.1, 0.15) is 29.6 Å². The van der Waals surface area contributed by atoms with Crippen LogP contribution in [0.3, 0.4) is 0 Å². The van der Waals surface area contributed by atoms with Gasteiger partial charge in [0.2, 0.25) is 5.95 Å². The maximum Gasteiger partial charge on any atom is 0.255 e. The summed E-state index contributed by atoms with van der Waals surface area (Å²) >= 11 is 0. The van der Waals surface area contributed by atoms with Crippen molar-refractivity contribution in [2.24, 2.45) is 5.41 Å². The summed E-state index contributed by atoms with van der Waals surface area (Å²) in [4.78, 5) is 25.7. The molecule has 2 saturated heterocycles. The van der Waals surface area contributed by atoms with E-state index in [9.17, 15) is 4.79 Å². The Morgan fingerprint density at radius 2 is 2.00 bits per heavy atom. The Hall–Kier alpha value is -2.61. The second-order valence-electron chi connectivity index (χ2n) is 7.41. The minimum Gasteiger partial charge on any atom is -0.383 e. The molecule has 1 amide bonds. The molecule has 1 atom stereocenters. The minimum atomic E-state index is 0.0365. The van der Waals surface area contributed by atoms with E-state index in [2.05, 4.69) is 25.1 Å². The molecular formula is C19H24N6O2. The number of likely N-dealkylation sites (tertiary alicyclic amines) is 1. The predicted octanol–water partition coefficient (Wildman–Crippen LogP) is 1.41. The number of hydrogen-bond donors (Lipinski definition) is 0. The van der Waals surface area contributed by atoms with Crippen LogP contribution in [0.2, 0.25) is 0 Å². The predicted molar refractivity (Wildman–Crippen MR) is 99.3 cm³/mol. The lowest BCUT2D eigenvalue weighted by Crippen LogP contribution is -2.44. The number of carbonyl (C=O) groups is 1. The molecule has 2 fully saturated rings. The Morgan fingerprint density at radius 1 is 1.22 bits per heavy atom. The maximum absolute atomic E-state index is 12.7. The van der Waals surface area contributed by atoms with Crippen LogP contribution in [0.15, 0.2) is 36.9 Å². The summed E-state index contributed by atoms with van der Waals surface area (Å²) in [6, 6.07) is 3.82. The normalized spacial score (nSPS) is 21.6. The SMILES string of the molecule is COC[C@@H]1CC2(CCN(C(=O)c3ccnnc3)CC2)CN1c1ncccn1. The molecule has 142 valence electrons. The lowest BCUT2D eigenvalue weighted by Gasteiger charge is -2.39. The summed E-state index contributed by atoms with van der Waals surface area (Å²) in [5, 5.41) is 7.56. The molecule has 1 spiro atoms. The molecule has 0 aliphatic carbocycles. The number of piperidine rings is 1. The van der Waals surface area contributed by atoms with E-state index in [1.807, 2.05) is 11.0 Å². The van der Waals surface area contributed by atoms with Gasteiger partial charge < -0.3 is 14.5 Å². The van der Waals surface area contributed by atoms with Gasteiger partial charge >= 0.3 is 0 Å². The average molecular weight is 368 g/mol. The molecule has 0 bridgehead atoms. The van der Waals surface area contributed by atoms with Gasteiger partial charge in [0.05, 0.1) is 30.6 Å². The maximum atomic E-state index is 12.7. The van der Waals surface area contributed by atoms with Crippen molar-refractivity contribution < 1.29 is 9.53 Å². The number of aromatic nitrogens is 4. The highest BCUT2D eigenvalue weighted by molar-refractivity contribution is 5.93. The largest absolute Gasteiger partial charge is 0.383 e. The van der Waals surface area contributed by atoms with E-state index >= 15 is 0 Å². The van der Waals surface area contributed by atoms with Gasteiger partial charge in [0.1, 0.15) is 0 Å². The van der Waals surface area contributed by atoms with Crippen molar-refractivity contribution in [1.29, 1.82) is 0 Å². The first kappa shape index (κ1) is 17.8.